The predicted octanol–water partition coefficient (Wildman–Crippen LogP) is 1.28. The summed E-state index contributed by atoms with van der Waals surface area (Å²) in [6, 6.07) is 6.99. The van der Waals surface area contributed by atoms with E-state index in [1.807, 2.05) is 12.1 Å². The molecule has 0 aliphatic heterocycles. The van der Waals surface area contributed by atoms with Crippen molar-refractivity contribution in [2.45, 2.75) is 31.1 Å². The molecule has 0 radical (unpaired) electrons. The quantitative estimate of drug-likeness (QED) is 0.805. The first-order valence-electron chi connectivity index (χ1n) is 6.54. The molecule has 0 unspecified atom stereocenters. The lowest BCUT2D eigenvalue weighted by Crippen LogP contribution is -2.26. The van der Waals surface area contributed by atoms with Gasteiger partial charge in [-0.1, -0.05) is 25.5 Å². The van der Waals surface area contributed by atoms with Gasteiger partial charge < -0.3 is 0 Å². The smallest absolute Gasteiger partial charge is 0.240 e. The molecule has 0 saturated carbocycles. The molecule has 2 N–H and O–H groups in total. The minimum absolute atomic E-state index is 0.286. The maximum Gasteiger partial charge on any atom is 0.240 e. The zero-order valence-electron chi connectivity index (χ0n) is 11.3. The third-order valence-corrected chi connectivity index (χ3v) is 4.37. The van der Waals surface area contributed by atoms with Gasteiger partial charge in [0.1, 0.15) is 12.2 Å². The fraction of sp³-hybridized carbons (Fsp3) is 0.385. The van der Waals surface area contributed by atoms with E-state index in [2.05, 4.69) is 26.8 Å². The van der Waals surface area contributed by atoms with Crippen molar-refractivity contribution < 1.29 is 8.42 Å². The molecule has 0 fully saturated rings. The number of hydrogen-bond acceptors (Lipinski definition) is 4. The first-order chi connectivity index (χ1) is 9.62. The van der Waals surface area contributed by atoms with Gasteiger partial charge in [-0.05, 0) is 24.1 Å². The summed E-state index contributed by atoms with van der Waals surface area (Å²) >= 11 is 0. The Bertz CT molecular complexity index is 621. The molecule has 0 amide bonds. The van der Waals surface area contributed by atoms with Crippen LogP contribution in [0.3, 0.4) is 0 Å². The highest BCUT2D eigenvalue weighted by molar-refractivity contribution is 7.89. The Hall–Kier alpha value is -1.73. The van der Waals surface area contributed by atoms with E-state index in [0.29, 0.717) is 12.2 Å². The lowest BCUT2D eigenvalue weighted by Gasteiger charge is -2.06. The second-order valence-corrected chi connectivity index (χ2v) is 6.24. The zero-order chi connectivity index (χ0) is 14.4. The van der Waals surface area contributed by atoms with Gasteiger partial charge in [0.15, 0.2) is 0 Å². The summed E-state index contributed by atoms with van der Waals surface area (Å²) in [7, 11) is -3.46. The topological polar surface area (TPSA) is 87.7 Å². The molecule has 2 aromatic rings. The standard InChI is InChI=1S/C13H18N4O2S/c1-2-3-11-4-6-12(7-5-11)20(18,19)16-9-8-13-14-10-15-17-13/h4-7,10,16H,2-3,8-9H2,1H3,(H,14,15,17). The van der Waals surface area contributed by atoms with E-state index < -0.39 is 10.0 Å². The van der Waals surface area contributed by atoms with Crippen molar-refractivity contribution >= 4 is 10.0 Å². The molecule has 0 bridgehead atoms. The number of aryl methyl sites for hydroxylation is 1. The summed E-state index contributed by atoms with van der Waals surface area (Å²) in [6.07, 6.45) is 3.88. The number of sulfonamides is 1. The van der Waals surface area contributed by atoms with Crippen LogP contribution in [0.25, 0.3) is 0 Å². The second-order valence-electron chi connectivity index (χ2n) is 4.47. The van der Waals surface area contributed by atoms with Crippen molar-refractivity contribution in [2.24, 2.45) is 0 Å². The molecule has 0 spiro atoms. The third-order valence-electron chi connectivity index (χ3n) is 2.89. The molecule has 1 aromatic carbocycles. The van der Waals surface area contributed by atoms with Crippen molar-refractivity contribution in [3.05, 3.63) is 42.0 Å². The number of nitrogens with one attached hydrogen (secondary N) is 2. The SMILES string of the molecule is CCCc1ccc(S(=O)(=O)NCCc2ncn[nH]2)cc1. The van der Waals surface area contributed by atoms with Crippen molar-refractivity contribution in [3.63, 3.8) is 0 Å². The highest BCUT2D eigenvalue weighted by Gasteiger charge is 2.13. The van der Waals surface area contributed by atoms with E-state index in [-0.39, 0.29) is 11.4 Å². The number of rotatable bonds is 7. The van der Waals surface area contributed by atoms with Crippen molar-refractivity contribution in [1.29, 1.82) is 0 Å². The Kier molecular flexibility index (Phi) is 4.86. The Labute approximate surface area is 118 Å². The molecule has 2 rings (SSSR count). The number of nitrogens with zero attached hydrogens (tertiary/aromatic N) is 2. The van der Waals surface area contributed by atoms with Gasteiger partial charge >= 0.3 is 0 Å². The fourth-order valence-electron chi connectivity index (χ4n) is 1.86. The van der Waals surface area contributed by atoms with Gasteiger partial charge in [-0.3, -0.25) is 5.10 Å². The van der Waals surface area contributed by atoms with Crippen LogP contribution in [0.15, 0.2) is 35.5 Å². The zero-order valence-corrected chi connectivity index (χ0v) is 12.2. The Morgan fingerprint density at radius 3 is 2.55 bits per heavy atom. The van der Waals surface area contributed by atoms with E-state index in [9.17, 15) is 8.42 Å². The molecule has 7 heteroatoms. The molecule has 20 heavy (non-hydrogen) atoms. The van der Waals surface area contributed by atoms with Gasteiger partial charge in [-0.2, -0.15) is 5.10 Å². The van der Waals surface area contributed by atoms with Crippen LogP contribution in [0.1, 0.15) is 24.7 Å². The maximum atomic E-state index is 12.1. The average Bonchev–Trinajstić information content (AvgIpc) is 2.93. The molecule has 108 valence electrons. The lowest BCUT2D eigenvalue weighted by atomic mass is 10.1. The van der Waals surface area contributed by atoms with Crippen molar-refractivity contribution in [1.82, 2.24) is 19.9 Å². The number of aromatic nitrogens is 3. The first kappa shape index (κ1) is 14.7. The number of H-pyrrole nitrogens is 1. The summed E-state index contributed by atoms with van der Waals surface area (Å²) in [5.74, 6) is 0.658. The Morgan fingerprint density at radius 2 is 1.95 bits per heavy atom. The summed E-state index contributed by atoms with van der Waals surface area (Å²) in [6.45, 7) is 2.38. The third kappa shape index (κ3) is 3.88. The van der Waals surface area contributed by atoms with E-state index in [1.54, 1.807) is 12.1 Å². The van der Waals surface area contributed by atoms with Gasteiger partial charge in [-0.25, -0.2) is 18.1 Å². The van der Waals surface area contributed by atoms with Crippen LogP contribution in [-0.2, 0) is 22.9 Å². The molecule has 0 aliphatic carbocycles. The number of benzene rings is 1. The van der Waals surface area contributed by atoms with Crippen LogP contribution < -0.4 is 4.72 Å². The first-order valence-corrected chi connectivity index (χ1v) is 8.03. The highest BCUT2D eigenvalue weighted by Crippen LogP contribution is 2.11. The minimum Gasteiger partial charge on any atom is -0.263 e. The summed E-state index contributed by atoms with van der Waals surface area (Å²) in [5.41, 5.74) is 1.15. The monoisotopic (exact) mass is 294 g/mol. The van der Waals surface area contributed by atoms with Crippen LogP contribution in [-0.4, -0.2) is 30.1 Å². The Balaban J connectivity index is 1.95. The van der Waals surface area contributed by atoms with Crippen LogP contribution in [0, 0.1) is 0 Å². The second kappa shape index (κ2) is 6.62. The van der Waals surface area contributed by atoms with Crippen molar-refractivity contribution in [3.8, 4) is 0 Å². The molecule has 0 aliphatic rings. The van der Waals surface area contributed by atoms with Crippen LogP contribution in [0.4, 0.5) is 0 Å². The lowest BCUT2D eigenvalue weighted by molar-refractivity contribution is 0.581. The van der Waals surface area contributed by atoms with Gasteiger partial charge in [0.05, 0.1) is 4.90 Å². The highest BCUT2D eigenvalue weighted by atomic mass is 32.2. The molecule has 1 heterocycles. The normalized spacial score (nSPS) is 11.7. The fourth-order valence-corrected chi connectivity index (χ4v) is 2.89. The summed E-state index contributed by atoms with van der Waals surface area (Å²) in [4.78, 5) is 4.23. The van der Waals surface area contributed by atoms with Gasteiger partial charge in [-0.15, -0.1) is 0 Å². The molecule has 0 saturated heterocycles. The minimum atomic E-state index is -3.46. The summed E-state index contributed by atoms with van der Waals surface area (Å²) < 4.78 is 26.7. The van der Waals surface area contributed by atoms with Gasteiger partial charge in [0.2, 0.25) is 10.0 Å². The molecule has 6 nitrogen and oxygen atoms in total. The Morgan fingerprint density at radius 1 is 1.20 bits per heavy atom. The summed E-state index contributed by atoms with van der Waals surface area (Å²) in [5, 5.41) is 6.40. The number of hydrogen-bond donors (Lipinski definition) is 2. The molecular formula is C13H18N4O2S. The van der Waals surface area contributed by atoms with E-state index >= 15 is 0 Å². The number of aromatic amines is 1. The van der Waals surface area contributed by atoms with E-state index in [4.69, 9.17) is 0 Å². The van der Waals surface area contributed by atoms with Gasteiger partial charge in [0, 0.05) is 13.0 Å². The van der Waals surface area contributed by atoms with Crippen molar-refractivity contribution in [2.75, 3.05) is 6.54 Å². The van der Waals surface area contributed by atoms with E-state index in [0.717, 1.165) is 18.4 Å². The predicted molar refractivity (Wildman–Crippen MR) is 75.7 cm³/mol. The molecule has 0 atom stereocenters. The van der Waals surface area contributed by atoms with E-state index in [1.165, 1.54) is 6.33 Å². The van der Waals surface area contributed by atoms with Crippen LogP contribution >= 0.6 is 0 Å². The van der Waals surface area contributed by atoms with Crippen LogP contribution in [0.5, 0.6) is 0 Å². The molecule has 1 aromatic heterocycles. The maximum absolute atomic E-state index is 12.1. The average molecular weight is 294 g/mol. The molecular weight excluding hydrogens is 276 g/mol. The largest absolute Gasteiger partial charge is 0.263 e. The van der Waals surface area contributed by atoms with Crippen LogP contribution in [0.2, 0.25) is 0 Å². The van der Waals surface area contributed by atoms with Gasteiger partial charge in [0.25, 0.3) is 0 Å².